The maximum absolute atomic E-state index is 13.9. The predicted octanol–water partition coefficient (Wildman–Crippen LogP) is 5.23. The summed E-state index contributed by atoms with van der Waals surface area (Å²) in [5.74, 6) is 0.0885. The Bertz CT molecular complexity index is 1220. The van der Waals surface area contributed by atoms with Gasteiger partial charge < -0.3 is 11.1 Å². The Kier molecular flexibility index (Phi) is 5.02. The summed E-state index contributed by atoms with van der Waals surface area (Å²) in [4.78, 5) is 8.64. The molecule has 4 aromatic rings. The van der Waals surface area contributed by atoms with Crippen LogP contribution >= 0.6 is 23.2 Å². The van der Waals surface area contributed by atoms with Gasteiger partial charge in [-0.2, -0.15) is 10.1 Å². The molecule has 1 unspecified atom stereocenters. The van der Waals surface area contributed by atoms with Crippen LogP contribution in [-0.4, -0.2) is 19.7 Å². The van der Waals surface area contributed by atoms with Crippen LogP contribution in [0.25, 0.3) is 22.0 Å². The van der Waals surface area contributed by atoms with Gasteiger partial charge in [0.2, 0.25) is 5.95 Å². The van der Waals surface area contributed by atoms with E-state index < -0.39 is 11.9 Å². The third-order valence-corrected chi connectivity index (χ3v) is 5.33. The van der Waals surface area contributed by atoms with Crippen molar-refractivity contribution in [2.24, 2.45) is 7.05 Å². The third kappa shape index (κ3) is 3.71. The van der Waals surface area contributed by atoms with Crippen LogP contribution in [0.1, 0.15) is 18.5 Å². The van der Waals surface area contributed by atoms with Crippen LogP contribution in [0, 0.1) is 5.82 Å². The predicted molar refractivity (Wildman–Crippen MR) is 115 cm³/mol. The van der Waals surface area contributed by atoms with Gasteiger partial charge in [0.15, 0.2) is 0 Å². The highest BCUT2D eigenvalue weighted by Gasteiger charge is 2.19. The first-order chi connectivity index (χ1) is 13.8. The summed E-state index contributed by atoms with van der Waals surface area (Å²) in [6.45, 7) is 1.82. The molecule has 1 atom stereocenters. The standard InChI is InChI=1S/C20H17Cl2FN6/c1-10(17-14(21)4-5-15(23)18(17)22)26-19-13-7-11(12-8-25-29(2)9-12)3-6-16(13)27-20(24)28-19/h3-10H,1-2H3,(H3,24,26,27,28). The summed E-state index contributed by atoms with van der Waals surface area (Å²) >= 11 is 12.4. The SMILES string of the molecule is CC(Nc1nc(N)nc2ccc(-c3cnn(C)c3)cc12)c1c(Cl)ccc(F)c1Cl. The van der Waals surface area contributed by atoms with Crippen LogP contribution in [-0.2, 0) is 7.05 Å². The number of halogens is 3. The first kappa shape index (κ1) is 19.4. The number of rotatable bonds is 4. The number of aromatic nitrogens is 4. The molecule has 148 valence electrons. The molecule has 6 nitrogen and oxygen atoms in total. The molecule has 0 spiro atoms. The number of anilines is 2. The van der Waals surface area contributed by atoms with Crippen molar-refractivity contribution in [1.82, 2.24) is 19.7 Å². The van der Waals surface area contributed by atoms with Crippen molar-refractivity contribution in [3.05, 3.63) is 64.2 Å². The maximum atomic E-state index is 13.9. The molecule has 2 aromatic carbocycles. The average Bonchev–Trinajstić information content (AvgIpc) is 3.11. The van der Waals surface area contributed by atoms with E-state index in [0.717, 1.165) is 16.5 Å². The number of hydrogen-bond acceptors (Lipinski definition) is 5. The van der Waals surface area contributed by atoms with Crippen molar-refractivity contribution < 1.29 is 4.39 Å². The number of nitrogens with zero attached hydrogens (tertiary/aromatic N) is 4. The second-order valence-electron chi connectivity index (χ2n) is 6.69. The van der Waals surface area contributed by atoms with Crippen LogP contribution < -0.4 is 11.1 Å². The Morgan fingerprint density at radius 1 is 1.14 bits per heavy atom. The van der Waals surface area contributed by atoms with E-state index in [9.17, 15) is 4.39 Å². The minimum absolute atomic E-state index is 0.0279. The van der Waals surface area contributed by atoms with E-state index in [4.69, 9.17) is 28.9 Å². The third-order valence-electron chi connectivity index (χ3n) is 4.62. The number of fused-ring (bicyclic) bond motifs is 1. The van der Waals surface area contributed by atoms with E-state index >= 15 is 0 Å². The number of benzene rings is 2. The molecule has 0 fully saturated rings. The summed E-state index contributed by atoms with van der Waals surface area (Å²) in [7, 11) is 1.86. The van der Waals surface area contributed by atoms with Crippen LogP contribution in [0.5, 0.6) is 0 Å². The highest BCUT2D eigenvalue weighted by atomic mass is 35.5. The van der Waals surface area contributed by atoms with Crippen molar-refractivity contribution >= 4 is 45.9 Å². The smallest absolute Gasteiger partial charge is 0.222 e. The molecule has 2 heterocycles. The highest BCUT2D eigenvalue weighted by molar-refractivity contribution is 6.36. The van der Waals surface area contributed by atoms with Gasteiger partial charge in [0.25, 0.3) is 0 Å². The van der Waals surface area contributed by atoms with E-state index in [-0.39, 0.29) is 11.0 Å². The van der Waals surface area contributed by atoms with Gasteiger partial charge in [-0.25, -0.2) is 9.37 Å². The van der Waals surface area contributed by atoms with Crippen molar-refractivity contribution in [3.8, 4) is 11.1 Å². The van der Waals surface area contributed by atoms with E-state index in [1.165, 1.54) is 12.1 Å². The average molecular weight is 431 g/mol. The van der Waals surface area contributed by atoms with Crippen LogP contribution in [0.4, 0.5) is 16.2 Å². The minimum Gasteiger partial charge on any atom is -0.368 e. The van der Waals surface area contributed by atoms with Crippen molar-refractivity contribution in [2.75, 3.05) is 11.1 Å². The molecular weight excluding hydrogens is 414 g/mol. The lowest BCUT2D eigenvalue weighted by Crippen LogP contribution is -2.11. The fourth-order valence-corrected chi connectivity index (χ4v) is 3.92. The summed E-state index contributed by atoms with van der Waals surface area (Å²) in [6, 6.07) is 8.05. The molecular formula is C20H17Cl2FN6. The van der Waals surface area contributed by atoms with Gasteiger partial charge >= 0.3 is 0 Å². The Hall–Kier alpha value is -2.90. The quantitative estimate of drug-likeness (QED) is 0.433. The largest absolute Gasteiger partial charge is 0.368 e. The number of hydrogen-bond donors (Lipinski definition) is 2. The van der Waals surface area contributed by atoms with Crippen molar-refractivity contribution in [1.29, 1.82) is 0 Å². The summed E-state index contributed by atoms with van der Waals surface area (Å²) < 4.78 is 15.7. The Balaban J connectivity index is 1.79. The zero-order valence-corrected chi connectivity index (χ0v) is 17.1. The van der Waals surface area contributed by atoms with Crippen LogP contribution in [0.15, 0.2) is 42.7 Å². The van der Waals surface area contributed by atoms with E-state index in [0.29, 0.717) is 21.9 Å². The van der Waals surface area contributed by atoms with Gasteiger partial charge in [-0.1, -0.05) is 29.3 Å². The minimum atomic E-state index is -0.536. The lowest BCUT2D eigenvalue weighted by molar-refractivity contribution is 0.624. The molecule has 0 aliphatic rings. The van der Waals surface area contributed by atoms with E-state index in [1.807, 2.05) is 38.4 Å². The molecule has 29 heavy (non-hydrogen) atoms. The van der Waals surface area contributed by atoms with Gasteiger partial charge in [0, 0.05) is 34.8 Å². The van der Waals surface area contributed by atoms with Gasteiger partial charge in [-0.3, -0.25) is 4.68 Å². The van der Waals surface area contributed by atoms with Gasteiger partial charge in [0.05, 0.1) is 22.8 Å². The Morgan fingerprint density at radius 3 is 2.66 bits per heavy atom. The summed E-state index contributed by atoms with van der Waals surface area (Å²) in [5, 5.41) is 8.55. The molecule has 2 aromatic heterocycles. The number of nitrogen functional groups attached to an aromatic ring is 1. The molecule has 0 saturated carbocycles. The second-order valence-corrected chi connectivity index (χ2v) is 7.47. The summed E-state index contributed by atoms with van der Waals surface area (Å²) in [6.07, 6.45) is 3.70. The molecule has 3 N–H and O–H groups in total. The Morgan fingerprint density at radius 2 is 1.93 bits per heavy atom. The molecule has 0 saturated heterocycles. The second kappa shape index (κ2) is 7.50. The molecule has 0 aliphatic carbocycles. The number of aryl methyl sites for hydroxylation is 1. The van der Waals surface area contributed by atoms with Gasteiger partial charge in [0.1, 0.15) is 11.6 Å². The zero-order valence-electron chi connectivity index (χ0n) is 15.6. The van der Waals surface area contributed by atoms with E-state index in [1.54, 1.807) is 10.9 Å². The van der Waals surface area contributed by atoms with E-state index in [2.05, 4.69) is 20.4 Å². The zero-order chi connectivity index (χ0) is 20.7. The first-order valence-corrected chi connectivity index (χ1v) is 9.55. The monoisotopic (exact) mass is 430 g/mol. The lowest BCUT2D eigenvalue weighted by Gasteiger charge is -2.19. The molecule has 0 radical (unpaired) electrons. The molecule has 0 aliphatic heterocycles. The lowest BCUT2D eigenvalue weighted by atomic mass is 10.1. The molecule has 0 amide bonds. The number of nitrogens with two attached hydrogens (primary N) is 1. The fraction of sp³-hybridized carbons (Fsp3) is 0.150. The van der Waals surface area contributed by atoms with Gasteiger partial charge in [-0.05, 0) is 36.8 Å². The first-order valence-electron chi connectivity index (χ1n) is 8.79. The number of nitrogens with one attached hydrogen (secondary N) is 1. The molecule has 9 heteroatoms. The normalized spacial score (nSPS) is 12.3. The molecule has 0 bridgehead atoms. The fourth-order valence-electron chi connectivity index (χ4n) is 3.22. The van der Waals surface area contributed by atoms with Crippen LogP contribution in [0.3, 0.4) is 0 Å². The Labute approximate surface area is 176 Å². The van der Waals surface area contributed by atoms with Crippen LogP contribution in [0.2, 0.25) is 10.0 Å². The van der Waals surface area contributed by atoms with Crippen molar-refractivity contribution in [3.63, 3.8) is 0 Å². The molecule has 4 rings (SSSR count). The summed E-state index contributed by atoms with van der Waals surface area (Å²) in [5.41, 5.74) is 8.93. The topological polar surface area (TPSA) is 81.7 Å². The maximum Gasteiger partial charge on any atom is 0.222 e. The highest BCUT2D eigenvalue weighted by Crippen LogP contribution is 2.35. The van der Waals surface area contributed by atoms with Gasteiger partial charge in [-0.15, -0.1) is 0 Å². The van der Waals surface area contributed by atoms with Crippen molar-refractivity contribution in [2.45, 2.75) is 13.0 Å².